The number of carbonyl (C=O) groups is 1. The summed E-state index contributed by atoms with van der Waals surface area (Å²) >= 11 is 1.43. The molecule has 4 nitrogen and oxygen atoms in total. The number of hydrogen-bond acceptors (Lipinski definition) is 4. The van der Waals surface area contributed by atoms with Crippen LogP contribution in [0.3, 0.4) is 0 Å². The number of halogens is 1. The molecule has 0 saturated heterocycles. The lowest BCUT2D eigenvalue weighted by molar-refractivity contribution is -0.131. The van der Waals surface area contributed by atoms with Gasteiger partial charge in [0.25, 0.3) is 0 Å². The van der Waals surface area contributed by atoms with Gasteiger partial charge in [0, 0.05) is 29.8 Å². The van der Waals surface area contributed by atoms with Crippen LogP contribution in [-0.2, 0) is 10.5 Å². The Hall–Kier alpha value is -2.21. The zero-order valence-electron chi connectivity index (χ0n) is 10.4. The maximum atomic E-state index is 13.5. The Morgan fingerprint density at radius 1 is 1.35 bits per heavy atom. The van der Waals surface area contributed by atoms with E-state index in [2.05, 4.69) is 9.97 Å². The fraction of sp³-hybridized carbons (Fsp3) is 0.0714. The monoisotopic (exact) mass is 290 g/mol. The normalized spacial score (nSPS) is 10.8. The summed E-state index contributed by atoms with van der Waals surface area (Å²) in [5.74, 6) is -0.979. The molecule has 0 aliphatic carbocycles. The first-order valence-electron chi connectivity index (χ1n) is 5.74. The third kappa shape index (κ3) is 4.17. The van der Waals surface area contributed by atoms with Crippen LogP contribution in [0.4, 0.5) is 4.39 Å². The van der Waals surface area contributed by atoms with Crippen molar-refractivity contribution in [2.24, 2.45) is 0 Å². The number of thioether (sulfide) groups is 1. The summed E-state index contributed by atoms with van der Waals surface area (Å²) in [6.07, 6.45) is 5.46. The quantitative estimate of drug-likeness (QED) is 0.521. The highest BCUT2D eigenvalue weighted by molar-refractivity contribution is 7.98. The van der Waals surface area contributed by atoms with E-state index < -0.39 is 11.8 Å². The van der Waals surface area contributed by atoms with Gasteiger partial charge in [0.05, 0.1) is 0 Å². The Morgan fingerprint density at radius 3 is 2.80 bits per heavy atom. The highest BCUT2D eigenvalue weighted by Gasteiger charge is 2.03. The molecule has 20 heavy (non-hydrogen) atoms. The van der Waals surface area contributed by atoms with Gasteiger partial charge in [0.1, 0.15) is 5.82 Å². The van der Waals surface area contributed by atoms with Crippen LogP contribution < -0.4 is 0 Å². The summed E-state index contributed by atoms with van der Waals surface area (Å²) < 4.78 is 13.5. The maximum absolute atomic E-state index is 13.5. The van der Waals surface area contributed by atoms with Crippen LogP contribution in [-0.4, -0.2) is 21.0 Å². The maximum Gasteiger partial charge on any atom is 0.328 e. The molecule has 6 heteroatoms. The highest BCUT2D eigenvalue weighted by atomic mass is 32.2. The van der Waals surface area contributed by atoms with Crippen molar-refractivity contribution >= 4 is 23.8 Å². The average Bonchev–Trinajstić information content (AvgIpc) is 2.46. The van der Waals surface area contributed by atoms with Crippen molar-refractivity contribution in [2.75, 3.05) is 0 Å². The number of carboxylic acid groups (broad SMARTS) is 1. The fourth-order valence-electron chi connectivity index (χ4n) is 1.48. The Balaban J connectivity index is 2.09. The molecule has 0 unspecified atom stereocenters. The van der Waals surface area contributed by atoms with E-state index in [0.717, 1.165) is 11.6 Å². The molecule has 0 bridgehead atoms. The van der Waals surface area contributed by atoms with E-state index in [9.17, 15) is 9.18 Å². The first kappa shape index (κ1) is 14.2. The molecule has 0 fully saturated rings. The van der Waals surface area contributed by atoms with Crippen LogP contribution >= 0.6 is 11.8 Å². The molecule has 102 valence electrons. The molecular formula is C14H11FN2O2S. The van der Waals surface area contributed by atoms with Crippen molar-refractivity contribution in [1.82, 2.24) is 9.97 Å². The second-order valence-electron chi connectivity index (χ2n) is 3.85. The number of carboxylic acids is 1. The van der Waals surface area contributed by atoms with Crippen LogP contribution in [0.5, 0.6) is 0 Å². The van der Waals surface area contributed by atoms with Crippen molar-refractivity contribution in [3.05, 3.63) is 59.7 Å². The predicted octanol–water partition coefficient (Wildman–Crippen LogP) is 3.01. The Labute approximate surface area is 119 Å². The van der Waals surface area contributed by atoms with Crippen molar-refractivity contribution in [3.63, 3.8) is 0 Å². The number of nitrogens with zero attached hydrogens (tertiary/aromatic N) is 2. The lowest BCUT2D eigenvalue weighted by atomic mass is 10.1. The van der Waals surface area contributed by atoms with E-state index in [1.165, 1.54) is 23.9 Å². The van der Waals surface area contributed by atoms with Gasteiger partial charge in [-0.25, -0.2) is 19.2 Å². The summed E-state index contributed by atoms with van der Waals surface area (Å²) in [7, 11) is 0. The number of aromatic nitrogens is 2. The van der Waals surface area contributed by atoms with Gasteiger partial charge in [-0.05, 0) is 29.8 Å². The van der Waals surface area contributed by atoms with E-state index in [-0.39, 0.29) is 5.56 Å². The van der Waals surface area contributed by atoms with Crippen LogP contribution in [0, 0.1) is 5.82 Å². The molecular weight excluding hydrogens is 279 g/mol. The fourth-order valence-corrected chi connectivity index (χ4v) is 2.23. The number of aliphatic carboxylic acids is 1. The van der Waals surface area contributed by atoms with Gasteiger partial charge in [-0.15, -0.1) is 0 Å². The molecule has 1 aromatic heterocycles. The van der Waals surface area contributed by atoms with Crippen LogP contribution in [0.2, 0.25) is 0 Å². The topological polar surface area (TPSA) is 63.1 Å². The summed E-state index contributed by atoms with van der Waals surface area (Å²) in [6.45, 7) is 0. The van der Waals surface area contributed by atoms with Gasteiger partial charge in [-0.2, -0.15) is 0 Å². The number of hydrogen-bond donors (Lipinski definition) is 1. The zero-order valence-corrected chi connectivity index (χ0v) is 11.2. The van der Waals surface area contributed by atoms with Crippen molar-refractivity contribution in [3.8, 4) is 0 Å². The number of rotatable bonds is 5. The van der Waals surface area contributed by atoms with E-state index in [0.29, 0.717) is 10.9 Å². The third-order valence-electron chi connectivity index (χ3n) is 2.38. The van der Waals surface area contributed by atoms with Gasteiger partial charge in [-0.1, -0.05) is 17.8 Å². The minimum atomic E-state index is -1.11. The molecule has 1 heterocycles. The van der Waals surface area contributed by atoms with Gasteiger partial charge in [0.15, 0.2) is 5.16 Å². The second-order valence-corrected chi connectivity index (χ2v) is 4.79. The zero-order chi connectivity index (χ0) is 14.4. The van der Waals surface area contributed by atoms with Gasteiger partial charge in [0.2, 0.25) is 0 Å². The largest absolute Gasteiger partial charge is 0.478 e. The minimum Gasteiger partial charge on any atom is -0.478 e. The molecule has 0 radical (unpaired) electrons. The van der Waals surface area contributed by atoms with Gasteiger partial charge in [-0.3, -0.25) is 0 Å². The molecule has 2 aromatic rings. The third-order valence-corrected chi connectivity index (χ3v) is 3.32. The van der Waals surface area contributed by atoms with E-state index in [1.807, 2.05) is 0 Å². The molecule has 0 spiro atoms. The average molecular weight is 290 g/mol. The summed E-state index contributed by atoms with van der Waals surface area (Å²) in [5, 5.41) is 9.20. The molecule has 1 aromatic carbocycles. The van der Waals surface area contributed by atoms with Crippen molar-refractivity contribution in [2.45, 2.75) is 10.9 Å². The molecule has 0 aliphatic rings. The van der Waals surface area contributed by atoms with E-state index in [1.54, 1.807) is 30.6 Å². The molecule has 0 atom stereocenters. The Bertz CT molecular complexity index is 632. The highest BCUT2D eigenvalue weighted by Crippen LogP contribution is 2.21. The van der Waals surface area contributed by atoms with E-state index in [4.69, 9.17) is 5.11 Å². The van der Waals surface area contributed by atoms with Crippen molar-refractivity contribution < 1.29 is 14.3 Å². The van der Waals surface area contributed by atoms with Gasteiger partial charge >= 0.3 is 5.97 Å². The van der Waals surface area contributed by atoms with Crippen molar-refractivity contribution in [1.29, 1.82) is 0 Å². The lowest BCUT2D eigenvalue weighted by Gasteiger charge is -2.03. The van der Waals surface area contributed by atoms with Crippen LogP contribution in [0.25, 0.3) is 6.08 Å². The Morgan fingerprint density at radius 2 is 2.10 bits per heavy atom. The first-order chi connectivity index (χ1) is 9.65. The lowest BCUT2D eigenvalue weighted by Crippen LogP contribution is -1.91. The number of benzene rings is 1. The predicted molar refractivity (Wildman–Crippen MR) is 74.7 cm³/mol. The smallest absolute Gasteiger partial charge is 0.328 e. The SMILES string of the molecule is O=C(O)C=Cc1cc(CSc2ncccn2)ccc1F. The van der Waals surface area contributed by atoms with Gasteiger partial charge < -0.3 is 5.11 Å². The molecule has 0 amide bonds. The second kappa shape index (κ2) is 6.81. The summed E-state index contributed by atoms with van der Waals surface area (Å²) in [4.78, 5) is 18.6. The standard InChI is InChI=1S/C14H11FN2O2S/c15-12-4-2-10(8-11(12)3-5-13(18)19)9-20-14-16-6-1-7-17-14/h1-8H,9H2,(H,18,19). The van der Waals surface area contributed by atoms with E-state index >= 15 is 0 Å². The Kier molecular flexibility index (Phi) is 4.84. The van der Waals surface area contributed by atoms with Crippen LogP contribution in [0.15, 0.2) is 47.9 Å². The summed E-state index contributed by atoms with van der Waals surface area (Å²) in [5.41, 5.74) is 1.12. The molecule has 1 N–H and O–H groups in total. The first-order valence-corrected chi connectivity index (χ1v) is 6.73. The minimum absolute atomic E-state index is 0.250. The molecule has 0 saturated carbocycles. The molecule has 2 rings (SSSR count). The summed E-state index contributed by atoms with van der Waals surface area (Å²) in [6, 6.07) is 6.33. The van der Waals surface area contributed by atoms with Crippen LogP contribution in [0.1, 0.15) is 11.1 Å². The molecule has 0 aliphatic heterocycles.